The number of halogens is 2. The molecule has 1 atom stereocenters. The number of hydrogen-bond donors (Lipinski definition) is 2. The van der Waals surface area contributed by atoms with Crippen molar-refractivity contribution < 1.29 is 4.74 Å². The topological polar surface area (TPSA) is 89.2 Å². The lowest BCUT2D eigenvalue weighted by Gasteiger charge is -2.28. The Labute approximate surface area is 156 Å². The van der Waals surface area contributed by atoms with E-state index in [1.807, 2.05) is 6.92 Å². The first-order chi connectivity index (χ1) is 12.1. The Morgan fingerprint density at radius 2 is 2.00 bits per heavy atom. The summed E-state index contributed by atoms with van der Waals surface area (Å²) in [5, 5.41) is 4.32. The molecule has 2 aromatic rings. The van der Waals surface area contributed by atoms with E-state index in [9.17, 15) is 0 Å². The molecule has 1 aliphatic rings. The second-order valence-electron chi connectivity index (χ2n) is 5.68. The zero-order valence-corrected chi connectivity index (χ0v) is 15.4. The van der Waals surface area contributed by atoms with E-state index < -0.39 is 6.10 Å². The van der Waals surface area contributed by atoms with Gasteiger partial charge in [-0.1, -0.05) is 30.1 Å². The van der Waals surface area contributed by atoms with E-state index in [1.54, 1.807) is 18.2 Å². The molecule has 3 N–H and O–H groups in total. The number of rotatable bonds is 5. The molecule has 1 aliphatic heterocycles. The van der Waals surface area contributed by atoms with Crippen LogP contribution in [0.3, 0.4) is 0 Å². The zero-order valence-electron chi connectivity index (χ0n) is 13.9. The van der Waals surface area contributed by atoms with Gasteiger partial charge in [0, 0.05) is 37.3 Å². The van der Waals surface area contributed by atoms with Crippen LogP contribution in [0.5, 0.6) is 5.75 Å². The van der Waals surface area contributed by atoms with Crippen molar-refractivity contribution in [2.75, 3.05) is 36.8 Å². The molecule has 9 heteroatoms. The summed E-state index contributed by atoms with van der Waals surface area (Å²) in [7, 11) is 0. The van der Waals surface area contributed by atoms with Crippen molar-refractivity contribution in [2.24, 2.45) is 0 Å². The van der Waals surface area contributed by atoms with Crippen molar-refractivity contribution in [3.63, 3.8) is 0 Å². The van der Waals surface area contributed by atoms with E-state index in [0.29, 0.717) is 34.0 Å². The van der Waals surface area contributed by atoms with E-state index >= 15 is 0 Å². The number of hydrogen-bond acceptors (Lipinski definition) is 7. The standard InChI is InChI=1S/C16H20Cl2N6O/c1-2-12(25-13-9-10(17)3-4-11(13)18)14-21-15(19)23-16(22-14)24-7-5-20-6-8-24/h3-4,9,12,20H,2,5-8H2,1H3,(H2,19,21,22,23). The summed E-state index contributed by atoms with van der Waals surface area (Å²) < 4.78 is 6.00. The maximum absolute atomic E-state index is 6.19. The van der Waals surface area contributed by atoms with Crippen LogP contribution in [-0.2, 0) is 0 Å². The van der Waals surface area contributed by atoms with Gasteiger partial charge in [-0.2, -0.15) is 15.0 Å². The Hall–Kier alpha value is -1.83. The molecule has 1 aromatic carbocycles. The quantitative estimate of drug-likeness (QED) is 0.821. The second kappa shape index (κ2) is 8.03. The Morgan fingerprint density at radius 3 is 2.72 bits per heavy atom. The summed E-state index contributed by atoms with van der Waals surface area (Å²) in [6, 6.07) is 5.08. The van der Waals surface area contributed by atoms with Gasteiger partial charge in [-0.15, -0.1) is 0 Å². The van der Waals surface area contributed by atoms with Crippen molar-refractivity contribution in [3.8, 4) is 5.75 Å². The van der Waals surface area contributed by atoms with E-state index in [0.717, 1.165) is 26.2 Å². The number of nitrogens with one attached hydrogen (secondary N) is 1. The van der Waals surface area contributed by atoms with Gasteiger partial charge < -0.3 is 20.7 Å². The SMILES string of the molecule is CCC(Oc1cc(Cl)ccc1Cl)c1nc(N)nc(N2CCNCC2)n1. The highest BCUT2D eigenvalue weighted by atomic mass is 35.5. The number of nitrogens with two attached hydrogens (primary N) is 1. The molecule has 2 heterocycles. The number of aromatic nitrogens is 3. The highest BCUT2D eigenvalue weighted by molar-refractivity contribution is 6.34. The zero-order chi connectivity index (χ0) is 17.8. The molecule has 0 spiro atoms. The summed E-state index contributed by atoms with van der Waals surface area (Å²) in [5.41, 5.74) is 5.90. The van der Waals surface area contributed by atoms with Crippen molar-refractivity contribution in [1.82, 2.24) is 20.3 Å². The van der Waals surface area contributed by atoms with Crippen LogP contribution in [0.15, 0.2) is 18.2 Å². The number of nitrogens with zero attached hydrogens (tertiary/aromatic N) is 4. The Bertz CT molecular complexity index is 739. The van der Waals surface area contributed by atoms with E-state index in [1.165, 1.54) is 0 Å². The van der Waals surface area contributed by atoms with Crippen LogP contribution in [0.2, 0.25) is 10.0 Å². The van der Waals surface area contributed by atoms with Crippen LogP contribution in [0.4, 0.5) is 11.9 Å². The first kappa shape index (κ1) is 18.0. The molecule has 134 valence electrons. The van der Waals surface area contributed by atoms with Crippen LogP contribution in [0.25, 0.3) is 0 Å². The Kier molecular flexibility index (Phi) is 5.78. The molecule has 1 fully saturated rings. The molecule has 0 saturated carbocycles. The van der Waals surface area contributed by atoms with Crippen molar-refractivity contribution in [3.05, 3.63) is 34.1 Å². The number of anilines is 2. The number of piperazine rings is 1. The smallest absolute Gasteiger partial charge is 0.230 e. The largest absolute Gasteiger partial charge is 0.481 e. The lowest BCUT2D eigenvalue weighted by molar-refractivity contribution is 0.191. The molecule has 0 aliphatic carbocycles. The molecule has 0 amide bonds. The number of ether oxygens (including phenoxy) is 1. The fourth-order valence-corrected chi connectivity index (χ4v) is 2.91. The average Bonchev–Trinajstić information content (AvgIpc) is 2.62. The minimum absolute atomic E-state index is 0.178. The third-order valence-electron chi connectivity index (χ3n) is 3.88. The van der Waals surface area contributed by atoms with Crippen molar-refractivity contribution >= 4 is 35.1 Å². The van der Waals surface area contributed by atoms with Crippen molar-refractivity contribution in [1.29, 1.82) is 0 Å². The van der Waals surface area contributed by atoms with Crippen LogP contribution in [-0.4, -0.2) is 41.1 Å². The lowest BCUT2D eigenvalue weighted by Crippen LogP contribution is -2.44. The van der Waals surface area contributed by atoms with Gasteiger partial charge in [0.2, 0.25) is 11.9 Å². The normalized spacial score (nSPS) is 15.9. The van der Waals surface area contributed by atoms with E-state index in [4.69, 9.17) is 33.7 Å². The molecule has 7 nitrogen and oxygen atoms in total. The minimum Gasteiger partial charge on any atom is -0.481 e. The molecule has 3 rings (SSSR count). The summed E-state index contributed by atoms with van der Waals surface area (Å²) >= 11 is 12.2. The number of nitrogen functional groups attached to an aromatic ring is 1. The molecule has 0 radical (unpaired) electrons. The summed E-state index contributed by atoms with van der Waals surface area (Å²) in [4.78, 5) is 15.2. The van der Waals surface area contributed by atoms with Gasteiger partial charge in [-0.25, -0.2) is 0 Å². The lowest BCUT2D eigenvalue weighted by atomic mass is 10.2. The molecule has 0 bridgehead atoms. The Morgan fingerprint density at radius 1 is 1.24 bits per heavy atom. The third-order valence-corrected chi connectivity index (χ3v) is 4.43. The minimum atomic E-state index is -0.400. The van der Waals surface area contributed by atoms with E-state index in [2.05, 4.69) is 25.2 Å². The van der Waals surface area contributed by atoms with Crippen LogP contribution in [0, 0.1) is 0 Å². The monoisotopic (exact) mass is 382 g/mol. The molecule has 1 aromatic heterocycles. The third kappa shape index (κ3) is 4.42. The van der Waals surface area contributed by atoms with Gasteiger partial charge in [0.05, 0.1) is 5.02 Å². The molecule has 1 saturated heterocycles. The maximum Gasteiger partial charge on any atom is 0.230 e. The van der Waals surface area contributed by atoms with Crippen LogP contribution < -0.4 is 20.7 Å². The van der Waals surface area contributed by atoms with E-state index in [-0.39, 0.29) is 5.95 Å². The summed E-state index contributed by atoms with van der Waals surface area (Å²) in [6.07, 6.45) is 0.246. The Balaban J connectivity index is 1.87. The molecular formula is C16H20Cl2N6O. The van der Waals surface area contributed by atoms with Gasteiger partial charge in [0.25, 0.3) is 0 Å². The number of benzene rings is 1. The summed E-state index contributed by atoms with van der Waals surface area (Å²) in [6.45, 7) is 5.38. The van der Waals surface area contributed by atoms with Gasteiger partial charge in [0.15, 0.2) is 11.9 Å². The fourth-order valence-electron chi connectivity index (χ4n) is 2.59. The molecule has 25 heavy (non-hydrogen) atoms. The summed E-state index contributed by atoms with van der Waals surface area (Å²) in [5.74, 6) is 1.73. The van der Waals surface area contributed by atoms with Gasteiger partial charge in [-0.3, -0.25) is 0 Å². The first-order valence-electron chi connectivity index (χ1n) is 8.15. The predicted octanol–water partition coefficient (Wildman–Crippen LogP) is 2.70. The molecule has 1 unspecified atom stereocenters. The van der Waals surface area contributed by atoms with Crippen LogP contribution in [0.1, 0.15) is 25.3 Å². The average molecular weight is 383 g/mol. The van der Waals surface area contributed by atoms with Gasteiger partial charge in [0.1, 0.15) is 5.75 Å². The second-order valence-corrected chi connectivity index (χ2v) is 6.52. The maximum atomic E-state index is 6.19. The predicted molar refractivity (Wildman–Crippen MR) is 99.4 cm³/mol. The molecular weight excluding hydrogens is 363 g/mol. The van der Waals surface area contributed by atoms with Crippen molar-refractivity contribution in [2.45, 2.75) is 19.4 Å². The van der Waals surface area contributed by atoms with Crippen LogP contribution >= 0.6 is 23.2 Å². The van der Waals surface area contributed by atoms with Gasteiger partial charge in [-0.05, 0) is 18.6 Å². The highest BCUT2D eigenvalue weighted by Crippen LogP contribution is 2.32. The first-order valence-corrected chi connectivity index (χ1v) is 8.91. The van der Waals surface area contributed by atoms with Gasteiger partial charge >= 0.3 is 0 Å². The fraction of sp³-hybridized carbons (Fsp3) is 0.438. The highest BCUT2D eigenvalue weighted by Gasteiger charge is 2.21.